The van der Waals surface area contributed by atoms with Crippen molar-refractivity contribution >= 4 is 5.78 Å². The second-order valence-electron chi connectivity index (χ2n) is 4.10. The van der Waals surface area contributed by atoms with Gasteiger partial charge in [0.1, 0.15) is 5.78 Å². The van der Waals surface area contributed by atoms with Crippen molar-refractivity contribution in [2.45, 2.75) is 26.7 Å². The number of Topliss-reactive ketones (excluding diaryl/α,β-unsaturated/α-hetero) is 1. The topological polar surface area (TPSA) is 17.1 Å². The van der Waals surface area contributed by atoms with Gasteiger partial charge in [-0.1, -0.05) is 19.1 Å². The first-order valence-electron chi connectivity index (χ1n) is 4.83. The van der Waals surface area contributed by atoms with Crippen LogP contribution in [0.25, 0.3) is 0 Å². The Hall–Kier alpha value is -0.850. The molecule has 0 aliphatic heterocycles. The van der Waals surface area contributed by atoms with E-state index in [-0.39, 0.29) is 11.2 Å². The smallest absolute Gasteiger partial charge is 0.136 e. The molecule has 1 aliphatic carbocycles. The molecule has 2 atom stereocenters. The fourth-order valence-electron chi connectivity index (χ4n) is 2.48. The van der Waals surface area contributed by atoms with E-state index in [2.05, 4.69) is 13.2 Å². The average Bonchev–Trinajstić information content (AvgIpc) is 2.43. The van der Waals surface area contributed by atoms with E-state index in [9.17, 15) is 4.79 Å². The van der Waals surface area contributed by atoms with Gasteiger partial charge in [-0.25, -0.2) is 0 Å². The minimum absolute atomic E-state index is 0.247. The Morgan fingerprint density at radius 1 is 1.31 bits per heavy atom. The van der Waals surface area contributed by atoms with Crippen LogP contribution < -0.4 is 0 Å². The number of ketones is 1. The first-order valence-corrected chi connectivity index (χ1v) is 4.83. The van der Waals surface area contributed by atoms with E-state index in [1.807, 2.05) is 19.1 Å². The van der Waals surface area contributed by atoms with Crippen molar-refractivity contribution < 1.29 is 4.79 Å². The van der Waals surface area contributed by atoms with Crippen LogP contribution in [-0.2, 0) is 4.79 Å². The molecule has 1 nitrogen and oxygen atoms in total. The molecule has 1 heteroatoms. The Morgan fingerprint density at radius 2 is 1.69 bits per heavy atom. The van der Waals surface area contributed by atoms with Crippen LogP contribution in [0.15, 0.2) is 25.3 Å². The third-order valence-corrected chi connectivity index (χ3v) is 3.66. The van der Waals surface area contributed by atoms with E-state index in [4.69, 9.17) is 0 Å². The second kappa shape index (κ2) is 3.49. The van der Waals surface area contributed by atoms with Crippen molar-refractivity contribution in [3.05, 3.63) is 25.3 Å². The molecule has 0 amide bonds. The SMILES string of the molecule is C=C[C@@H]1CC[C@@H](C=C)C1(C)C(C)=O. The lowest BCUT2D eigenvalue weighted by atomic mass is 9.71. The summed E-state index contributed by atoms with van der Waals surface area (Å²) in [6, 6.07) is 0. The Bertz CT molecular complexity index is 224. The van der Waals surface area contributed by atoms with Crippen LogP contribution >= 0.6 is 0 Å². The molecule has 0 spiro atoms. The normalized spacial score (nSPS) is 31.2. The highest BCUT2D eigenvalue weighted by molar-refractivity contribution is 5.83. The Kier molecular flexibility index (Phi) is 2.74. The van der Waals surface area contributed by atoms with E-state index < -0.39 is 0 Å². The van der Waals surface area contributed by atoms with Crippen LogP contribution in [0.5, 0.6) is 0 Å². The van der Waals surface area contributed by atoms with Gasteiger partial charge in [0, 0.05) is 5.41 Å². The van der Waals surface area contributed by atoms with Crippen LogP contribution in [0, 0.1) is 17.3 Å². The first-order chi connectivity index (χ1) is 6.07. The summed E-state index contributed by atoms with van der Waals surface area (Å²) in [7, 11) is 0. The summed E-state index contributed by atoms with van der Waals surface area (Å²) in [5.41, 5.74) is -0.247. The summed E-state index contributed by atoms with van der Waals surface area (Å²) >= 11 is 0. The van der Waals surface area contributed by atoms with Crippen LogP contribution in [0.2, 0.25) is 0 Å². The van der Waals surface area contributed by atoms with Crippen LogP contribution in [0.3, 0.4) is 0 Å². The Labute approximate surface area is 80.5 Å². The molecule has 0 aromatic carbocycles. The highest BCUT2D eigenvalue weighted by Gasteiger charge is 2.47. The van der Waals surface area contributed by atoms with E-state index in [0.717, 1.165) is 12.8 Å². The van der Waals surface area contributed by atoms with Crippen LogP contribution in [0.1, 0.15) is 26.7 Å². The largest absolute Gasteiger partial charge is 0.299 e. The highest BCUT2D eigenvalue weighted by atomic mass is 16.1. The van der Waals surface area contributed by atoms with Gasteiger partial charge in [-0.15, -0.1) is 13.2 Å². The van der Waals surface area contributed by atoms with E-state index >= 15 is 0 Å². The third-order valence-electron chi connectivity index (χ3n) is 3.66. The molecule has 1 rings (SSSR count). The monoisotopic (exact) mass is 178 g/mol. The fraction of sp³-hybridized carbons (Fsp3) is 0.583. The van der Waals surface area contributed by atoms with Crippen molar-refractivity contribution in [3.63, 3.8) is 0 Å². The van der Waals surface area contributed by atoms with Gasteiger partial charge in [-0.2, -0.15) is 0 Å². The average molecular weight is 178 g/mol. The van der Waals surface area contributed by atoms with Crippen molar-refractivity contribution in [2.24, 2.45) is 17.3 Å². The van der Waals surface area contributed by atoms with Gasteiger partial charge < -0.3 is 0 Å². The molecular weight excluding hydrogens is 160 g/mol. The highest BCUT2D eigenvalue weighted by Crippen LogP contribution is 2.49. The van der Waals surface area contributed by atoms with Gasteiger partial charge in [0.05, 0.1) is 0 Å². The van der Waals surface area contributed by atoms with Crippen LogP contribution in [-0.4, -0.2) is 5.78 Å². The molecule has 0 unspecified atom stereocenters. The molecule has 0 radical (unpaired) electrons. The summed E-state index contributed by atoms with van der Waals surface area (Å²) in [4.78, 5) is 11.6. The van der Waals surface area contributed by atoms with Gasteiger partial charge in [-0.3, -0.25) is 4.79 Å². The molecular formula is C12H18O. The van der Waals surface area contributed by atoms with Crippen LogP contribution in [0.4, 0.5) is 0 Å². The zero-order valence-corrected chi connectivity index (χ0v) is 8.55. The minimum Gasteiger partial charge on any atom is -0.299 e. The van der Waals surface area contributed by atoms with Gasteiger partial charge in [-0.05, 0) is 31.6 Å². The lowest BCUT2D eigenvalue weighted by Gasteiger charge is -2.31. The molecule has 0 N–H and O–H groups in total. The van der Waals surface area contributed by atoms with Crippen molar-refractivity contribution in [1.82, 2.24) is 0 Å². The summed E-state index contributed by atoms with van der Waals surface area (Å²) < 4.78 is 0. The van der Waals surface area contributed by atoms with Crippen molar-refractivity contribution in [1.29, 1.82) is 0 Å². The molecule has 72 valence electrons. The standard InChI is InChI=1S/C12H18O/c1-5-10-7-8-11(6-2)12(10,4)9(3)13/h5-6,10-11H,1-2,7-8H2,3-4H3/t10-,11-/m1/s1. The summed E-state index contributed by atoms with van der Waals surface area (Å²) in [5, 5.41) is 0. The lowest BCUT2D eigenvalue weighted by molar-refractivity contribution is -0.128. The van der Waals surface area contributed by atoms with Crippen molar-refractivity contribution in [3.8, 4) is 0 Å². The number of hydrogen-bond acceptors (Lipinski definition) is 1. The number of rotatable bonds is 3. The number of allylic oxidation sites excluding steroid dienone is 2. The maximum absolute atomic E-state index is 11.6. The van der Waals surface area contributed by atoms with E-state index in [0.29, 0.717) is 11.8 Å². The van der Waals surface area contributed by atoms with Gasteiger partial charge in [0.2, 0.25) is 0 Å². The molecule has 0 aromatic heterocycles. The molecule has 0 saturated heterocycles. The zero-order valence-electron chi connectivity index (χ0n) is 8.55. The molecule has 1 fully saturated rings. The maximum Gasteiger partial charge on any atom is 0.136 e. The summed E-state index contributed by atoms with van der Waals surface area (Å²) in [5.74, 6) is 0.917. The van der Waals surface area contributed by atoms with E-state index in [1.54, 1.807) is 6.92 Å². The molecule has 0 aromatic rings. The maximum atomic E-state index is 11.6. The predicted octanol–water partition coefficient (Wildman–Crippen LogP) is 2.98. The second-order valence-corrected chi connectivity index (χ2v) is 4.10. The van der Waals surface area contributed by atoms with Gasteiger partial charge in [0.15, 0.2) is 0 Å². The Morgan fingerprint density at radius 3 is 1.92 bits per heavy atom. The zero-order chi connectivity index (χ0) is 10.1. The fourth-order valence-corrected chi connectivity index (χ4v) is 2.48. The van der Waals surface area contributed by atoms with E-state index in [1.165, 1.54) is 0 Å². The number of carbonyl (C=O) groups excluding carboxylic acids is 1. The number of carbonyl (C=O) groups is 1. The first kappa shape index (κ1) is 10.2. The Balaban J connectivity index is 3.03. The van der Waals surface area contributed by atoms with Crippen molar-refractivity contribution in [2.75, 3.05) is 0 Å². The third kappa shape index (κ3) is 1.37. The quantitative estimate of drug-likeness (QED) is 0.607. The lowest BCUT2D eigenvalue weighted by Crippen LogP contribution is -2.34. The summed E-state index contributed by atoms with van der Waals surface area (Å²) in [6.07, 6.45) is 5.97. The molecule has 0 heterocycles. The molecule has 1 aliphatic rings. The molecule has 13 heavy (non-hydrogen) atoms. The summed E-state index contributed by atoms with van der Waals surface area (Å²) in [6.45, 7) is 11.3. The molecule has 0 bridgehead atoms. The minimum atomic E-state index is -0.247. The predicted molar refractivity (Wildman–Crippen MR) is 55.4 cm³/mol. The van der Waals surface area contributed by atoms with Gasteiger partial charge in [0.25, 0.3) is 0 Å². The number of hydrogen-bond donors (Lipinski definition) is 0. The molecule has 1 saturated carbocycles. The van der Waals surface area contributed by atoms with Gasteiger partial charge >= 0.3 is 0 Å².